The third kappa shape index (κ3) is 2.26. The van der Waals surface area contributed by atoms with Crippen LogP contribution < -0.4 is 16.4 Å². The van der Waals surface area contributed by atoms with Crippen molar-refractivity contribution in [2.24, 2.45) is 16.6 Å². The van der Waals surface area contributed by atoms with Gasteiger partial charge >= 0.3 is 6.03 Å². The number of carbonyl (C=O) groups excluding carboxylic acids is 1. The van der Waals surface area contributed by atoms with E-state index in [0.29, 0.717) is 0 Å². The minimum Gasteiger partial charge on any atom is -0.334 e. The van der Waals surface area contributed by atoms with Crippen molar-refractivity contribution < 1.29 is 9.18 Å². The van der Waals surface area contributed by atoms with Crippen molar-refractivity contribution in [2.45, 2.75) is 39.8 Å². The number of rotatable bonds is 2. The van der Waals surface area contributed by atoms with Gasteiger partial charge in [0.25, 0.3) is 0 Å². The molecule has 4 nitrogen and oxygen atoms in total. The van der Waals surface area contributed by atoms with Crippen LogP contribution in [0.15, 0.2) is 24.3 Å². The molecular formula is C15H22FN3O. The Morgan fingerprint density at radius 2 is 1.75 bits per heavy atom. The van der Waals surface area contributed by atoms with Gasteiger partial charge in [0.05, 0.1) is 5.69 Å². The summed E-state index contributed by atoms with van der Waals surface area (Å²) in [7, 11) is 0. The van der Waals surface area contributed by atoms with E-state index in [9.17, 15) is 9.18 Å². The van der Waals surface area contributed by atoms with E-state index in [1.54, 1.807) is 12.1 Å². The fourth-order valence-electron chi connectivity index (χ4n) is 3.40. The van der Waals surface area contributed by atoms with Crippen molar-refractivity contribution >= 4 is 11.7 Å². The van der Waals surface area contributed by atoms with Gasteiger partial charge in [-0.05, 0) is 12.1 Å². The maximum atomic E-state index is 13.5. The monoisotopic (exact) mass is 279 g/mol. The highest BCUT2D eigenvalue weighted by Gasteiger charge is 2.60. The van der Waals surface area contributed by atoms with Crippen molar-refractivity contribution in [1.82, 2.24) is 5.32 Å². The number of hydrogen-bond acceptors (Lipinski definition) is 2. The number of para-hydroxylation sites is 1. The van der Waals surface area contributed by atoms with Crippen LogP contribution >= 0.6 is 0 Å². The molecule has 0 bridgehead atoms. The zero-order chi connectivity index (χ0) is 15.1. The Bertz CT molecular complexity index is 512. The molecule has 0 aliphatic heterocycles. The first-order chi connectivity index (χ1) is 9.17. The summed E-state index contributed by atoms with van der Waals surface area (Å²) in [4.78, 5) is 12.0. The lowest BCUT2D eigenvalue weighted by molar-refractivity contribution is -0.0638. The van der Waals surface area contributed by atoms with Gasteiger partial charge in [0.1, 0.15) is 5.82 Å². The molecule has 1 aliphatic carbocycles. The van der Waals surface area contributed by atoms with Gasteiger partial charge in [0.2, 0.25) is 0 Å². The molecule has 1 aromatic carbocycles. The molecule has 0 atom stereocenters. The highest BCUT2D eigenvalue weighted by Crippen LogP contribution is 2.52. The Morgan fingerprint density at radius 1 is 1.20 bits per heavy atom. The van der Waals surface area contributed by atoms with Crippen LogP contribution in [0.3, 0.4) is 0 Å². The van der Waals surface area contributed by atoms with Gasteiger partial charge in [-0.25, -0.2) is 9.18 Å². The molecular weight excluding hydrogens is 257 g/mol. The largest absolute Gasteiger partial charge is 0.334 e. The van der Waals surface area contributed by atoms with Gasteiger partial charge in [-0.3, -0.25) is 0 Å². The van der Waals surface area contributed by atoms with E-state index in [4.69, 9.17) is 5.73 Å². The standard InChI is InChI=1S/C15H22FN3O/c1-14(2)11(17)15(3,4)12(14)19-13(20)18-10-8-6-5-7-9(10)16/h5-8,11-12H,17H2,1-4H3,(H2,18,19,20). The molecule has 2 rings (SSSR count). The predicted molar refractivity (Wildman–Crippen MR) is 77.9 cm³/mol. The summed E-state index contributed by atoms with van der Waals surface area (Å²) >= 11 is 0. The van der Waals surface area contributed by atoms with Crippen LogP contribution in [0.2, 0.25) is 0 Å². The average molecular weight is 279 g/mol. The molecule has 0 spiro atoms. The highest BCUT2D eigenvalue weighted by atomic mass is 19.1. The summed E-state index contributed by atoms with van der Waals surface area (Å²) in [5, 5.41) is 5.44. The van der Waals surface area contributed by atoms with E-state index >= 15 is 0 Å². The van der Waals surface area contributed by atoms with Crippen molar-refractivity contribution in [2.75, 3.05) is 5.32 Å². The maximum Gasteiger partial charge on any atom is 0.319 e. The second-order valence-corrected chi connectivity index (χ2v) is 6.63. The lowest BCUT2D eigenvalue weighted by Crippen LogP contribution is -2.76. The quantitative estimate of drug-likeness (QED) is 0.779. The fraction of sp³-hybridized carbons (Fsp3) is 0.533. The van der Waals surface area contributed by atoms with Gasteiger partial charge in [0.15, 0.2) is 0 Å². The Labute approximate surface area is 118 Å². The summed E-state index contributed by atoms with van der Waals surface area (Å²) in [5.41, 5.74) is 5.95. The van der Waals surface area contributed by atoms with Gasteiger partial charge < -0.3 is 16.4 Å². The van der Waals surface area contributed by atoms with Crippen molar-refractivity contribution in [3.63, 3.8) is 0 Å². The Kier molecular flexibility index (Phi) is 3.50. The van der Waals surface area contributed by atoms with Crippen molar-refractivity contribution in [3.05, 3.63) is 30.1 Å². The SMILES string of the molecule is CC1(C)C(N)C(C)(C)C1NC(=O)Nc1ccccc1F. The second kappa shape index (κ2) is 4.74. The van der Waals surface area contributed by atoms with Gasteiger partial charge in [-0.2, -0.15) is 0 Å². The normalized spacial score (nSPS) is 26.5. The maximum absolute atomic E-state index is 13.5. The summed E-state index contributed by atoms with van der Waals surface area (Å²) in [5.74, 6) is -0.452. The smallest absolute Gasteiger partial charge is 0.319 e. The zero-order valence-corrected chi connectivity index (χ0v) is 12.3. The molecule has 0 radical (unpaired) electrons. The minimum absolute atomic E-state index is 0.00811. The number of carbonyl (C=O) groups is 1. The number of nitrogens with two attached hydrogens (primary N) is 1. The van der Waals surface area contributed by atoms with E-state index in [1.807, 2.05) is 27.7 Å². The topological polar surface area (TPSA) is 67.1 Å². The number of hydrogen-bond donors (Lipinski definition) is 3. The molecule has 5 heteroatoms. The molecule has 0 unspecified atom stereocenters. The molecule has 20 heavy (non-hydrogen) atoms. The minimum atomic E-state index is -0.452. The van der Waals surface area contributed by atoms with Crippen LogP contribution in [0, 0.1) is 16.6 Å². The van der Waals surface area contributed by atoms with Gasteiger partial charge in [0, 0.05) is 22.9 Å². The molecule has 2 amide bonds. The molecule has 0 aromatic heterocycles. The third-order valence-corrected chi connectivity index (χ3v) is 4.49. The van der Waals surface area contributed by atoms with E-state index in [0.717, 1.165) is 0 Å². The lowest BCUT2D eigenvalue weighted by Gasteiger charge is -2.62. The van der Waals surface area contributed by atoms with Crippen LogP contribution in [-0.2, 0) is 0 Å². The number of urea groups is 1. The van der Waals surface area contributed by atoms with Crippen LogP contribution in [-0.4, -0.2) is 18.1 Å². The molecule has 4 N–H and O–H groups in total. The van der Waals surface area contributed by atoms with E-state index in [2.05, 4.69) is 10.6 Å². The highest BCUT2D eigenvalue weighted by molar-refractivity contribution is 5.89. The first-order valence-corrected chi connectivity index (χ1v) is 6.75. The lowest BCUT2D eigenvalue weighted by atomic mass is 9.48. The summed E-state index contributed by atoms with van der Waals surface area (Å²) < 4.78 is 13.5. The van der Waals surface area contributed by atoms with E-state index < -0.39 is 11.8 Å². The Hall–Kier alpha value is -1.62. The molecule has 1 saturated carbocycles. The molecule has 1 aromatic rings. The van der Waals surface area contributed by atoms with Crippen molar-refractivity contribution in [1.29, 1.82) is 0 Å². The first-order valence-electron chi connectivity index (χ1n) is 6.75. The molecule has 110 valence electrons. The summed E-state index contributed by atoms with van der Waals surface area (Å²) in [6, 6.07) is 5.63. The first kappa shape index (κ1) is 14.8. The van der Waals surface area contributed by atoms with E-state index in [-0.39, 0.29) is 28.6 Å². The average Bonchev–Trinajstić information content (AvgIpc) is 2.37. The number of amides is 2. The number of benzene rings is 1. The van der Waals surface area contributed by atoms with Crippen LogP contribution in [0.4, 0.5) is 14.9 Å². The summed E-state index contributed by atoms with van der Waals surface area (Å²) in [6.07, 6.45) is 0. The van der Waals surface area contributed by atoms with Gasteiger partial charge in [-0.1, -0.05) is 39.8 Å². The Balaban J connectivity index is 2.04. The van der Waals surface area contributed by atoms with E-state index in [1.165, 1.54) is 12.1 Å². The summed E-state index contributed by atoms with van der Waals surface area (Å²) in [6.45, 7) is 8.10. The molecule has 0 heterocycles. The Morgan fingerprint density at radius 3 is 2.30 bits per heavy atom. The number of halogens is 1. The molecule has 0 saturated heterocycles. The fourth-order valence-corrected chi connectivity index (χ4v) is 3.40. The zero-order valence-electron chi connectivity index (χ0n) is 12.3. The van der Waals surface area contributed by atoms with Crippen LogP contribution in [0.5, 0.6) is 0 Å². The van der Waals surface area contributed by atoms with Crippen molar-refractivity contribution in [3.8, 4) is 0 Å². The molecule has 1 fully saturated rings. The number of nitrogens with one attached hydrogen (secondary N) is 2. The predicted octanol–water partition coefficient (Wildman–Crippen LogP) is 2.71. The third-order valence-electron chi connectivity index (χ3n) is 4.49. The second-order valence-electron chi connectivity index (χ2n) is 6.63. The molecule has 1 aliphatic rings. The van der Waals surface area contributed by atoms with Crippen LogP contribution in [0.1, 0.15) is 27.7 Å². The number of anilines is 1. The van der Waals surface area contributed by atoms with Crippen LogP contribution in [0.25, 0.3) is 0 Å². The van der Waals surface area contributed by atoms with Gasteiger partial charge in [-0.15, -0.1) is 0 Å².